The van der Waals surface area contributed by atoms with E-state index in [0.717, 1.165) is 17.5 Å². The van der Waals surface area contributed by atoms with E-state index in [1.165, 1.54) is 6.07 Å². The maximum Gasteiger partial charge on any atom is 0.272 e. The van der Waals surface area contributed by atoms with Crippen LogP contribution in [-0.2, 0) is 12.8 Å². The molecule has 3 aromatic carbocycles. The van der Waals surface area contributed by atoms with Gasteiger partial charge in [0.15, 0.2) is 0 Å². The minimum Gasteiger partial charge on any atom is -0.396 e. The van der Waals surface area contributed by atoms with E-state index in [-0.39, 0.29) is 30.2 Å². The topological polar surface area (TPSA) is 95.7 Å². The van der Waals surface area contributed by atoms with Crippen molar-refractivity contribution in [3.8, 4) is 0 Å². The molecule has 0 saturated carbocycles. The number of hydrazine groups is 1. The summed E-state index contributed by atoms with van der Waals surface area (Å²) < 4.78 is 0. The van der Waals surface area contributed by atoms with Crippen LogP contribution in [0.2, 0.25) is 0 Å². The standard InChI is InChI=1S/C25H25N3O4/c29-17-21(16-20-11-5-7-13-23(20)28(31)32)24-22-12-6-4-8-18(22)14-15-27(24)26-25(30)19-9-2-1-3-10-19/h1-13,21,24,29H,14-17H2,(H,26,30)/t21-,24+/m1/s1. The van der Waals surface area contributed by atoms with Gasteiger partial charge in [0, 0.05) is 36.3 Å². The second-order valence-electron chi connectivity index (χ2n) is 7.93. The van der Waals surface area contributed by atoms with Crippen LogP contribution in [0, 0.1) is 16.0 Å². The van der Waals surface area contributed by atoms with Crippen LogP contribution in [0.4, 0.5) is 5.69 Å². The number of hydrogen-bond acceptors (Lipinski definition) is 5. The third-order valence-corrected chi connectivity index (χ3v) is 5.96. The molecule has 0 radical (unpaired) electrons. The first kappa shape index (κ1) is 21.7. The Kier molecular flexibility index (Phi) is 6.58. The van der Waals surface area contributed by atoms with Crippen LogP contribution in [0.5, 0.6) is 0 Å². The van der Waals surface area contributed by atoms with E-state index in [0.29, 0.717) is 24.1 Å². The van der Waals surface area contributed by atoms with Crippen molar-refractivity contribution < 1.29 is 14.8 Å². The molecule has 0 aromatic heterocycles. The van der Waals surface area contributed by atoms with Crippen molar-refractivity contribution >= 4 is 11.6 Å². The smallest absolute Gasteiger partial charge is 0.272 e. The number of hydrogen-bond donors (Lipinski definition) is 2. The van der Waals surface area contributed by atoms with Crippen LogP contribution in [0.3, 0.4) is 0 Å². The Hall–Kier alpha value is -3.55. The molecule has 2 atom stereocenters. The van der Waals surface area contributed by atoms with E-state index in [9.17, 15) is 20.0 Å². The lowest BCUT2D eigenvalue weighted by Crippen LogP contribution is -2.50. The second kappa shape index (κ2) is 9.72. The lowest BCUT2D eigenvalue weighted by molar-refractivity contribution is -0.385. The van der Waals surface area contributed by atoms with Crippen molar-refractivity contribution in [2.75, 3.05) is 13.2 Å². The van der Waals surface area contributed by atoms with Crippen molar-refractivity contribution in [3.63, 3.8) is 0 Å². The molecule has 1 aliphatic heterocycles. The van der Waals surface area contributed by atoms with Gasteiger partial charge in [0.1, 0.15) is 0 Å². The summed E-state index contributed by atoms with van der Waals surface area (Å²) in [5, 5.41) is 23.7. The predicted octanol–water partition coefficient (Wildman–Crippen LogP) is 3.69. The Morgan fingerprint density at radius 1 is 1.06 bits per heavy atom. The minimum atomic E-state index is -0.395. The first-order chi connectivity index (χ1) is 15.6. The van der Waals surface area contributed by atoms with Gasteiger partial charge < -0.3 is 5.11 Å². The summed E-state index contributed by atoms with van der Waals surface area (Å²) in [5.74, 6) is -0.578. The lowest BCUT2D eigenvalue weighted by Gasteiger charge is -2.41. The summed E-state index contributed by atoms with van der Waals surface area (Å²) in [6.45, 7) is 0.399. The van der Waals surface area contributed by atoms with E-state index in [1.807, 2.05) is 41.4 Å². The maximum absolute atomic E-state index is 12.9. The van der Waals surface area contributed by atoms with Gasteiger partial charge in [-0.3, -0.25) is 20.3 Å². The normalized spacial score (nSPS) is 16.7. The number of rotatable bonds is 7. The number of carbonyl (C=O) groups excluding carboxylic acids is 1. The van der Waals surface area contributed by atoms with Gasteiger partial charge in [-0.25, -0.2) is 5.01 Å². The van der Waals surface area contributed by atoms with Gasteiger partial charge in [0.25, 0.3) is 11.6 Å². The third-order valence-electron chi connectivity index (χ3n) is 5.96. The molecular weight excluding hydrogens is 406 g/mol. The van der Waals surface area contributed by atoms with Gasteiger partial charge in [-0.2, -0.15) is 0 Å². The van der Waals surface area contributed by atoms with Gasteiger partial charge in [0.05, 0.1) is 11.0 Å². The summed E-state index contributed by atoms with van der Waals surface area (Å²) in [6, 6.07) is 23.2. The number of nitro groups is 1. The van der Waals surface area contributed by atoms with Crippen LogP contribution in [0.15, 0.2) is 78.9 Å². The van der Waals surface area contributed by atoms with Crippen LogP contribution < -0.4 is 5.43 Å². The predicted molar refractivity (Wildman–Crippen MR) is 121 cm³/mol. The average molecular weight is 431 g/mol. The maximum atomic E-state index is 12.9. The van der Waals surface area contributed by atoms with E-state index in [2.05, 4.69) is 11.5 Å². The van der Waals surface area contributed by atoms with Gasteiger partial charge in [-0.15, -0.1) is 0 Å². The summed E-state index contributed by atoms with van der Waals surface area (Å²) in [5.41, 5.74) is 6.33. The fourth-order valence-corrected chi connectivity index (χ4v) is 4.44. The van der Waals surface area contributed by atoms with Crippen molar-refractivity contribution in [3.05, 3.63) is 111 Å². The van der Waals surface area contributed by atoms with E-state index in [4.69, 9.17) is 0 Å². The molecule has 2 N–H and O–H groups in total. The number of aliphatic hydroxyl groups excluding tert-OH is 1. The summed E-state index contributed by atoms with van der Waals surface area (Å²) in [7, 11) is 0. The summed E-state index contributed by atoms with van der Waals surface area (Å²) in [4.78, 5) is 24.0. The molecule has 1 heterocycles. The molecule has 0 fully saturated rings. The fraction of sp³-hybridized carbons (Fsp3) is 0.240. The quantitative estimate of drug-likeness (QED) is 0.439. The highest BCUT2D eigenvalue weighted by Gasteiger charge is 2.35. The number of aliphatic hydroxyl groups is 1. The first-order valence-electron chi connectivity index (χ1n) is 10.6. The zero-order chi connectivity index (χ0) is 22.5. The van der Waals surface area contributed by atoms with E-state index in [1.54, 1.807) is 30.3 Å². The van der Waals surface area contributed by atoms with Gasteiger partial charge in [-0.1, -0.05) is 60.7 Å². The fourth-order valence-electron chi connectivity index (χ4n) is 4.44. The molecule has 3 aromatic rings. The average Bonchev–Trinajstić information content (AvgIpc) is 2.83. The summed E-state index contributed by atoms with van der Waals surface area (Å²) >= 11 is 0. The Morgan fingerprint density at radius 2 is 1.75 bits per heavy atom. The number of benzene rings is 3. The van der Waals surface area contributed by atoms with E-state index < -0.39 is 4.92 Å². The zero-order valence-electron chi connectivity index (χ0n) is 17.6. The molecule has 32 heavy (non-hydrogen) atoms. The molecule has 7 nitrogen and oxygen atoms in total. The molecule has 0 aliphatic carbocycles. The van der Waals surface area contributed by atoms with Crippen molar-refractivity contribution in [1.82, 2.24) is 10.4 Å². The number of carbonyl (C=O) groups is 1. The monoisotopic (exact) mass is 431 g/mol. The first-order valence-corrected chi connectivity index (χ1v) is 10.6. The summed E-state index contributed by atoms with van der Waals surface area (Å²) in [6.07, 6.45) is 1.07. The Bertz CT molecular complexity index is 1100. The number of fused-ring (bicyclic) bond motifs is 1. The number of nitrogens with zero attached hydrogens (tertiary/aromatic N) is 2. The SMILES string of the molecule is O=C(NN1CCc2ccccc2[C@@H]1[C@@H](CO)Cc1ccccc1[N+](=O)[O-])c1ccccc1. The number of nitrogens with one attached hydrogen (secondary N) is 1. The van der Waals surface area contributed by atoms with Gasteiger partial charge >= 0.3 is 0 Å². The number of amides is 1. The Morgan fingerprint density at radius 3 is 2.50 bits per heavy atom. The van der Waals surface area contributed by atoms with Crippen LogP contribution >= 0.6 is 0 Å². The van der Waals surface area contributed by atoms with Gasteiger partial charge in [-0.05, 0) is 36.1 Å². The molecule has 0 bridgehead atoms. The highest BCUT2D eigenvalue weighted by Crippen LogP contribution is 2.37. The second-order valence-corrected chi connectivity index (χ2v) is 7.93. The molecule has 164 valence electrons. The van der Waals surface area contributed by atoms with Crippen LogP contribution in [0.25, 0.3) is 0 Å². The third kappa shape index (κ3) is 4.54. The minimum absolute atomic E-state index is 0.0370. The largest absolute Gasteiger partial charge is 0.396 e. The molecule has 0 spiro atoms. The molecule has 7 heteroatoms. The highest BCUT2D eigenvalue weighted by atomic mass is 16.6. The van der Waals surface area contributed by atoms with Crippen LogP contribution in [-0.4, -0.2) is 34.1 Å². The van der Waals surface area contributed by atoms with Gasteiger partial charge in [0.2, 0.25) is 0 Å². The number of nitro benzene ring substituents is 1. The van der Waals surface area contributed by atoms with Crippen molar-refractivity contribution in [2.45, 2.75) is 18.9 Å². The zero-order valence-corrected chi connectivity index (χ0v) is 17.6. The highest BCUT2D eigenvalue weighted by molar-refractivity contribution is 5.93. The lowest BCUT2D eigenvalue weighted by atomic mass is 9.82. The molecular formula is C25H25N3O4. The van der Waals surface area contributed by atoms with Crippen LogP contribution in [0.1, 0.15) is 33.1 Å². The number of para-hydroxylation sites is 1. The Labute approximate surface area is 186 Å². The van der Waals surface area contributed by atoms with Crippen molar-refractivity contribution in [1.29, 1.82) is 0 Å². The van der Waals surface area contributed by atoms with Crippen molar-refractivity contribution in [2.24, 2.45) is 5.92 Å². The molecule has 0 unspecified atom stereocenters. The van der Waals surface area contributed by atoms with E-state index >= 15 is 0 Å². The Balaban J connectivity index is 1.67. The molecule has 0 saturated heterocycles. The molecule has 1 aliphatic rings. The molecule has 1 amide bonds. The molecule has 4 rings (SSSR count).